The van der Waals surface area contributed by atoms with Crippen LogP contribution in [0, 0.1) is 0 Å². The molecule has 0 bridgehead atoms. The maximum atomic E-state index is 12.4. The normalized spacial score (nSPS) is 14.3. The van der Waals surface area contributed by atoms with Crippen molar-refractivity contribution in [3.05, 3.63) is 41.3 Å². The fraction of sp³-hybridized carbons (Fsp3) is 0.429. The molecular formula is C14H17N5O2. The number of hydrogen-bond donors (Lipinski definition) is 0. The Hall–Kier alpha value is -2.28. The zero-order valence-corrected chi connectivity index (χ0v) is 12.1. The Morgan fingerprint density at radius 2 is 2.29 bits per heavy atom. The van der Waals surface area contributed by atoms with Gasteiger partial charge in [-0.15, -0.1) is 0 Å². The van der Waals surface area contributed by atoms with Crippen LogP contribution in [0.5, 0.6) is 0 Å². The molecule has 3 rings (SSSR count). The van der Waals surface area contributed by atoms with Crippen molar-refractivity contribution < 1.29 is 9.32 Å². The Morgan fingerprint density at radius 3 is 3.00 bits per heavy atom. The van der Waals surface area contributed by atoms with Gasteiger partial charge in [-0.25, -0.2) is 4.98 Å². The van der Waals surface area contributed by atoms with Crippen molar-refractivity contribution in [2.45, 2.75) is 19.5 Å². The molecule has 0 saturated heterocycles. The average Bonchev–Trinajstić information content (AvgIpc) is 2.89. The molecular weight excluding hydrogens is 270 g/mol. The molecule has 0 saturated carbocycles. The summed E-state index contributed by atoms with van der Waals surface area (Å²) in [5, 5.41) is 4.12. The number of rotatable bonds is 3. The minimum atomic E-state index is -0.106. The number of amides is 1. The number of carbonyl (C=O) groups is 1. The van der Waals surface area contributed by atoms with Crippen LogP contribution in [0.1, 0.15) is 27.5 Å². The van der Waals surface area contributed by atoms with Crippen LogP contribution in [0.4, 0.5) is 0 Å². The molecule has 1 aliphatic heterocycles. The summed E-state index contributed by atoms with van der Waals surface area (Å²) in [6.45, 7) is 1.82. The fourth-order valence-corrected chi connectivity index (χ4v) is 2.43. The maximum Gasteiger partial charge on any atom is 0.274 e. The highest BCUT2D eigenvalue weighted by Crippen LogP contribution is 2.24. The van der Waals surface area contributed by atoms with Crippen molar-refractivity contribution in [2.75, 3.05) is 20.6 Å². The highest BCUT2D eigenvalue weighted by Gasteiger charge is 2.28. The van der Waals surface area contributed by atoms with Crippen LogP contribution in [0.2, 0.25) is 0 Å². The Kier molecular flexibility index (Phi) is 3.66. The summed E-state index contributed by atoms with van der Waals surface area (Å²) in [5.41, 5.74) is 2.28. The van der Waals surface area contributed by atoms with Gasteiger partial charge in [0.15, 0.2) is 0 Å². The van der Waals surface area contributed by atoms with Crippen LogP contribution in [0.15, 0.2) is 23.1 Å². The predicted molar refractivity (Wildman–Crippen MR) is 74.4 cm³/mol. The molecule has 3 heterocycles. The van der Waals surface area contributed by atoms with Gasteiger partial charge in [0.05, 0.1) is 12.7 Å². The van der Waals surface area contributed by atoms with Crippen LogP contribution >= 0.6 is 0 Å². The van der Waals surface area contributed by atoms with E-state index in [9.17, 15) is 4.79 Å². The van der Waals surface area contributed by atoms with Gasteiger partial charge in [-0.1, -0.05) is 5.16 Å². The predicted octanol–water partition coefficient (Wildman–Crippen LogP) is 0.725. The molecule has 0 unspecified atom stereocenters. The molecule has 7 heteroatoms. The second-order valence-corrected chi connectivity index (χ2v) is 5.34. The van der Waals surface area contributed by atoms with Crippen LogP contribution in [-0.2, 0) is 19.5 Å². The molecule has 0 fully saturated rings. The molecule has 1 aliphatic rings. The summed E-state index contributed by atoms with van der Waals surface area (Å²) in [5.74, 6) is 0.779. The summed E-state index contributed by atoms with van der Waals surface area (Å²) in [7, 11) is 3.96. The van der Waals surface area contributed by atoms with E-state index in [0.717, 1.165) is 17.0 Å². The monoisotopic (exact) mass is 287 g/mol. The van der Waals surface area contributed by atoms with E-state index in [0.29, 0.717) is 31.7 Å². The first-order valence-corrected chi connectivity index (χ1v) is 6.81. The fourth-order valence-electron chi connectivity index (χ4n) is 2.43. The first kappa shape index (κ1) is 13.7. The molecule has 0 aliphatic carbocycles. The van der Waals surface area contributed by atoms with E-state index in [2.05, 4.69) is 15.1 Å². The van der Waals surface area contributed by atoms with Crippen LogP contribution in [-0.4, -0.2) is 51.5 Å². The summed E-state index contributed by atoms with van der Waals surface area (Å²) < 4.78 is 5.38. The van der Waals surface area contributed by atoms with Crippen LogP contribution < -0.4 is 0 Å². The third-order valence-corrected chi connectivity index (χ3v) is 3.44. The lowest BCUT2D eigenvalue weighted by Gasteiger charge is -2.26. The van der Waals surface area contributed by atoms with Gasteiger partial charge in [0.1, 0.15) is 17.1 Å². The topological polar surface area (TPSA) is 75.4 Å². The molecule has 21 heavy (non-hydrogen) atoms. The minimum Gasteiger partial charge on any atom is -0.361 e. The second-order valence-electron chi connectivity index (χ2n) is 5.34. The van der Waals surface area contributed by atoms with Crippen molar-refractivity contribution in [3.8, 4) is 0 Å². The summed E-state index contributed by atoms with van der Waals surface area (Å²) in [6.07, 6.45) is 5.26. The van der Waals surface area contributed by atoms with E-state index in [1.165, 1.54) is 12.4 Å². The number of fused-ring (bicyclic) bond motifs is 1. The Balaban J connectivity index is 1.80. The Morgan fingerprint density at radius 1 is 1.43 bits per heavy atom. The lowest BCUT2D eigenvalue weighted by Crippen LogP contribution is -2.36. The Labute approximate surface area is 122 Å². The highest BCUT2D eigenvalue weighted by atomic mass is 16.5. The lowest BCUT2D eigenvalue weighted by molar-refractivity contribution is 0.0722. The van der Waals surface area contributed by atoms with Crippen LogP contribution in [0.3, 0.4) is 0 Å². The number of hydrogen-bond acceptors (Lipinski definition) is 6. The first-order chi connectivity index (χ1) is 10.1. The second kappa shape index (κ2) is 5.61. The zero-order valence-electron chi connectivity index (χ0n) is 12.1. The number of nitrogens with zero attached hydrogens (tertiary/aromatic N) is 5. The number of aromatic nitrogens is 3. The molecule has 0 atom stereocenters. The molecule has 0 radical (unpaired) electrons. The van der Waals surface area contributed by atoms with Crippen molar-refractivity contribution >= 4 is 5.91 Å². The standard InChI is InChI=1S/C14H17N5O2/c1-18(2)9-12-10-8-19(6-3-13(10)21-17-12)14(20)11-7-15-4-5-16-11/h4-5,7H,3,6,8-9H2,1-2H3. The van der Waals surface area contributed by atoms with E-state index >= 15 is 0 Å². The largest absolute Gasteiger partial charge is 0.361 e. The lowest BCUT2D eigenvalue weighted by atomic mass is 10.1. The van der Waals surface area contributed by atoms with E-state index < -0.39 is 0 Å². The van der Waals surface area contributed by atoms with E-state index in [1.54, 1.807) is 11.1 Å². The molecule has 110 valence electrons. The van der Waals surface area contributed by atoms with Gasteiger partial charge >= 0.3 is 0 Å². The number of carbonyl (C=O) groups excluding carboxylic acids is 1. The third kappa shape index (κ3) is 2.78. The van der Waals surface area contributed by atoms with Gasteiger partial charge in [-0.3, -0.25) is 9.78 Å². The molecule has 0 aromatic carbocycles. The first-order valence-electron chi connectivity index (χ1n) is 6.81. The quantitative estimate of drug-likeness (QED) is 0.828. The smallest absolute Gasteiger partial charge is 0.274 e. The van der Waals surface area contributed by atoms with Crippen molar-refractivity contribution in [3.63, 3.8) is 0 Å². The van der Waals surface area contributed by atoms with E-state index in [1.807, 2.05) is 19.0 Å². The van der Waals surface area contributed by atoms with Crippen LogP contribution in [0.25, 0.3) is 0 Å². The van der Waals surface area contributed by atoms with Gasteiger partial charge in [-0.2, -0.15) is 0 Å². The van der Waals surface area contributed by atoms with Crippen molar-refractivity contribution in [1.29, 1.82) is 0 Å². The molecule has 7 nitrogen and oxygen atoms in total. The maximum absolute atomic E-state index is 12.4. The average molecular weight is 287 g/mol. The summed E-state index contributed by atoms with van der Waals surface area (Å²) in [4.78, 5) is 24.2. The summed E-state index contributed by atoms with van der Waals surface area (Å²) in [6, 6.07) is 0. The molecule has 0 spiro atoms. The third-order valence-electron chi connectivity index (χ3n) is 3.44. The molecule has 0 N–H and O–H groups in total. The van der Waals surface area contributed by atoms with Gasteiger partial charge < -0.3 is 14.3 Å². The van der Waals surface area contributed by atoms with E-state index in [4.69, 9.17) is 4.52 Å². The molecule has 2 aromatic heterocycles. The van der Waals surface area contributed by atoms with Crippen molar-refractivity contribution in [2.24, 2.45) is 0 Å². The van der Waals surface area contributed by atoms with Gasteiger partial charge in [-0.05, 0) is 14.1 Å². The van der Waals surface area contributed by atoms with Gasteiger partial charge in [0.2, 0.25) is 0 Å². The SMILES string of the molecule is CN(C)Cc1noc2c1CN(C(=O)c1cnccn1)CC2. The zero-order chi connectivity index (χ0) is 14.8. The Bertz CT molecular complexity index is 638. The van der Waals surface area contributed by atoms with Gasteiger partial charge in [0.25, 0.3) is 5.91 Å². The van der Waals surface area contributed by atoms with Gasteiger partial charge in [0, 0.05) is 37.5 Å². The minimum absolute atomic E-state index is 0.106. The summed E-state index contributed by atoms with van der Waals surface area (Å²) >= 11 is 0. The highest BCUT2D eigenvalue weighted by molar-refractivity contribution is 5.92. The van der Waals surface area contributed by atoms with E-state index in [-0.39, 0.29) is 5.91 Å². The molecule has 2 aromatic rings. The van der Waals surface area contributed by atoms with Crippen molar-refractivity contribution in [1.82, 2.24) is 24.9 Å². The molecule has 1 amide bonds.